The Hall–Kier alpha value is -1.64. The van der Waals surface area contributed by atoms with Crippen molar-refractivity contribution in [3.63, 3.8) is 0 Å². The predicted octanol–water partition coefficient (Wildman–Crippen LogP) is 1.55. The number of hydrogen-bond acceptors (Lipinski definition) is 3. The molecule has 0 saturated carbocycles. The normalized spacial score (nSPS) is 9.08. The first-order valence-corrected chi connectivity index (χ1v) is 3.43. The molecule has 12 heavy (non-hydrogen) atoms. The van der Waals surface area contributed by atoms with E-state index in [4.69, 9.17) is 4.74 Å². The van der Waals surface area contributed by atoms with Gasteiger partial charge >= 0.3 is 0 Å². The van der Waals surface area contributed by atoms with Gasteiger partial charge in [-0.25, -0.2) is 0 Å². The van der Waals surface area contributed by atoms with Gasteiger partial charge in [-0.2, -0.15) is 0 Å². The fourth-order valence-corrected chi connectivity index (χ4v) is 0.850. The third-order valence-corrected chi connectivity index (χ3v) is 1.47. The molecule has 1 aromatic heterocycles. The van der Waals surface area contributed by atoms with Gasteiger partial charge in [0.2, 0.25) is 0 Å². The minimum Gasteiger partial charge on any atom is -0.494 e. The van der Waals surface area contributed by atoms with Crippen molar-refractivity contribution >= 4 is 12.4 Å². The smallest absolute Gasteiger partial charge is 0.153 e. The number of carbonyl (C=O) groups excluding carboxylic acids is 1. The second-order valence-electron chi connectivity index (χ2n) is 2.17. The summed E-state index contributed by atoms with van der Waals surface area (Å²) < 4.78 is 4.91. The van der Waals surface area contributed by atoms with E-state index in [0.29, 0.717) is 17.0 Å². The van der Waals surface area contributed by atoms with E-state index in [1.807, 2.05) is 0 Å². The molecule has 0 N–H and O–H groups in total. The minimum absolute atomic E-state index is 0.482. The molecule has 0 amide bonds. The highest BCUT2D eigenvalue weighted by Gasteiger charge is 2.01. The van der Waals surface area contributed by atoms with Gasteiger partial charge in [0.25, 0.3) is 0 Å². The Bertz CT molecular complexity index is 307. The largest absolute Gasteiger partial charge is 0.494 e. The van der Waals surface area contributed by atoms with Crippen LogP contribution in [0.1, 0.15) is 16.1 Å². The van der Waals surface area contributed by atoms with Gasteiger partial charge in [-0.3, -0.25) is 9.78 Å². The van der Waals surface area contributed by atoms with Gasteiger partial charge in [0.15, 0.2) is 6.29 Å². The van der Waals surface area contributed by atoms with Gasteiger partial charge in [-0.1, -0.05) is 6.58 Å². The van der Waals surface area contributed by atoms with Crippen molar-refractivity contribution in [3.8, 4) is 5.75 Å². The van der Waals surface area contributed by atoms with Crippen molar-refractivity contribution in [3.05, 3.63) is 30.1 Å². The third-order valence-electron chi connectivity index (χ3n) is 1.47. The van der Waals surface area contributed by atoms with Gasteiger partial charge in [-0.05, 0) is 12.1 Å². The highest BCUT2D eigenvalue weighted by molar-refractivity contribution is 5.79. The monoisotopic (exact) mass is 163 g/mol. The molecule has 0 fully saturated rings. The Labute approximate surface area is 70.7 Å². The molecule has 0 bridgehead atoms. The van der Waals surface area contributed by atoms with Crippen LogP contribution in [-0.2, 0) is 0 Å². The molecule has 0 spiro atoms. The zero-order valence-electron chi connectivity index (χ0n) is 6.78. The van der Waals surface area contributed by atoms with Crippen LogP contribution in [0.5, 0.6) is 5.75 Å². The van der Waals surface area contributed by atoms with Crippen molar-refractivity contribution in [2.75, 3.05) is 7.11 Å². The number of rotatable bonds is 3. The molecule has 0 unspecified atom stereocenters. The lowest BCUT2D eigenvalue weighted by molar-refractivity contribution is 0.112. The SMILES string of the molecule is C=Cc1cc(C=O)c(OC)cn1. The van der Waals surface area contributed by atoms with Crippen molar-refractivity contribution in [1.82, 2.24) is 4.98 Å². The van der Waals surface area contributed by atoms with Crippen LogP contribution in [0.15, 0.2) is 18.8 Å². The number of carbonyl (C=O) groups is 1. The van der Waals surface area contributed by atoms with Gasteiger partial charge in [0.05, 0.1) is 24.6 Å². The minimum atomic E-state index is 0.482. The first kappa shape index (κ1) is 8.46. The lowest BCUT2D eigenvalue weighted by atomic mass is 10.2. The maximum atomic E-state index is 10.5. The van der Waals surface area contributed by atoms with Crippen LogP contribution in [-0.4, -0.2) is 18.4 Å². The van der Waals surface area contributed by atoms with Gasteiger partial charge in [0, 0.05) is 0 Å². The first-order chi connectivity index (χ1) is 5.81. The summed E-state index contributed by atoms with van der Waals surface area (Å²) in [6, 6.07) is 1.62. The van der Waals surface area contributed by atoms with E-state index in [1.54, 1.807) is 12.1 Å². The fourth-order valence-electron chi connectivity index (χ4n) is 0.850. The van der Waals surface area contributed by atoms with Crippen molar-refractivity contribution in [2.24, 2.45) is 0 Å². The van der Waals surface area contributed by atoms with Crippen LogP contribution >= 0.6 is 0 Å². The van der Waals surface area contributed by atoms with Crippen LogP contribution in [0.25, 0.3) is 6.08 Å². The zero-order valence-corrected chi connectivity index (χ0v) is 6.78. The summed E-state index contributed by atoms with van der Waals surface area (Å²) in [6.45, 7) is 3.54. The molecule has 0 aliphatic carbocycles. The van der Waals surface area contributed by atoms with E-state index in [1.165, 1.54) is 13.3 Å². The molecule has 0 aliphatic heterocycles. The molecule has 1 heterocycles. The Morgan fingerprint density at radius 3 is 2.92 bits per heavy atom. The van der Waals surface area contributed by atoms with Crippen LogP contribution in [0.2, 0.25) is 0 Å². The van der Waals surface area contributed by atoms with Gasteiger partial charge in [-0.15, -0.1) is 0 Å². The maximum Gasteiger partial charge on any atom is 0.153 e. The molecular formula is C9H9NO2. The predicted molar refractivity (Wildman–Crippen MR) is 46.3 cm³/mol. The summed E-state index contributed by atoms with van der Waals surface area (Å²) in [5.74, 6) is 0.482. The number of nitrogens with zero attached hydrogens (tertiary/aromatic N) is 1. The quantitative estimate of drug-likeness (QED) is 0.634. The summed E-state index contributed by atoms with van der Waals surface area (Å²) in [7, 11) is 1.50. The van der Waals surface area contributed by atoms with E-state index >= 15 is 0 Å². The number of aromatic nitrogens is 1. The van der Waals surface area contributed by atoms with Crippen LogP contribution in [0, 0.1) is 0 Å². The van der Waals surface area contributed by atoms with E-state index in [0.717, 1.165) is 6.29 Å². The van der Waals surface area contributed by atoms with Crippen LogP contribution in [0.4, 0.5) is 0 Å². The molecular weight excluding hydrogens is 154 g/mol. The highest BCUT2D eigenvalue weighted by atomic mass is 16.5. The average molecular weight is 163 g/mol. The number of hydrogen-bond donors (Lipinski definition) is 0. The molecule has 0 aromatic carbocycles. The number of ether oxygens (including phenoxy) is 1. The number of methoxy groups -OCH3 is 1. The van der Waals surface area contributed by atoms with Gasteiger partial charge in [0.1, 0.15) is 5.75 Å². The summed E-state index contributed by atoms with van der Waals surface area (Å²) in [6.07, 6.45) is 3.81. The van der Waals surface area contributed by atoms with Crippen molar-refractivity contribution in [1.29, 1.82) is 0 Å². The molecule has 3 heteroatoms. The van der Waals surface area contributed by atoms with E-state index in [2.05, 4.69) is 11.6 Å². The lowest BCUT2D eigenvalue weighted by Gasteiger charge is -2.02. The first-order valence-electron chi connectivity index (χ1n) is 3.43. The van der Waals surface area contributed by atoms with E-state index in [-0.39, 0.29) is 0 Å². The Balaban J connectivity index is 3.18. The molecule has 1 rings (SSSR count). The molecule has 0 atom stereocenters. The molecule has 62 valence electrons. The molecule has 1 aromatic rings. The maximum absolute atomic E-state index is 10.5. The van der Waals surface area contributed by atoms with Crippen molar-refractivity contribution in [2.45, 2.75) is 0 Å². The van der Waals surface area contributed by atoms with Crippen LogP contribution < -0.4 is 4.74 Å². The Kier molecular flexibility index (Phi) is 2.58. The van der Waals surface area contributed by atoms with Gasteiger partial charge < -0.3 is 4.74 Å². The van der Waals surface area contributed by atoms with E-state index < -0.39 is 0 Å². The summed E-state index contributed by atoms with van der Waals surface area (Å²) >= 11 is 0. The molecule has 3 nitrogen and oxygen atoms in total. The van der Waals surface area contributed by atoms with Crippen LogP contribution in [0.3, 0.4) is 0 Å². The molecule has 0 aliphatic rings. The summed E-state index contributed by atoms with van der Waals surface area (Å²) in [5, 5.41) is 0. The summed E-state index contributed by atoms with van der Waals surface area (Å²) in [4.78, 5) is 14.5. The molecule has 0 radical (unpaired) electrons. The highest BCUT2D eigenvalue weighted by Crippen LogP contribution is 2.15. The standard InChI is InChI=1S/C9H9NO2/c1-3-8-4-7(6-11)9(12-2)5-10-8/h3-6H,1H2,2H3. The molecule has 0 saturated heterocycles. The summed E-state index contributed by atoms with van der Waals surface area (Å²) in [5.41, 5.74) is 1.15. The average Bonchev–Trinajstić information content (AvgIpc) is 2.16. The second-order valence-corrected chi connectivity index (χ2v) is 2.17. The fraction of sp³-hybridized carbons (Fsp3) is 0.111. The lowest BCUT2D eigenvalue weighted by Crippen LogP contribution is -1.92. The number of pyridine rings is 1. The third kappa shape index (κ3) is 1.50. The second kappa shape index (κ2) is 3.67. The zero-order chi connectivity index (χ0) is 8.97. The van der Waals surface area contributed by atoms with E-state index in [9.17, 15) is 4.79 Å². The topological polar surface area (TPSA) is 39.2 Å². The number of aldehydes is 1. The Morgan fingerprint density at radius 2 is 2.42 bits per heavy atom. The van der Waals surface area contributed by atoms with Crippen molar-refractivity contribution < 1.29 is 9.53 Å². The Morgan fingerprint density at radius 1 is 1.67 bits per heavy atom.